The van der Waals surface area contributed by atoms with Crippen LogP contribution < -0.4 is 9.62 Å². The van der Waals surface area contributed by atoms with Crippen molar-refractivity contribution >= 4 is 39.3 Å². The van der Waals surface area contributed by atoms with E-state index in [9.17, 15) is 9.00 Å². The summed E-state index contributed by atoms with van der Waals surface area (Å²) in [6, 6.07) is 20.8. The summed E-state index contributed by atoms with van der Waals surface area (Å²) in [5, 5.41) is 2.99. The lowest BCUT2D eigenvalue weighted by Gasteiger charge is -2.27. The van der Waals surface area contributed by atoms with Crippen LogP contribution in [0.15, 0.2) is 72.9 Å². The van der Waals surface area contributed by atoms with Crippen LogP contribution in [0.3, 0.4) is 0 Å². The number of nitrogens with zero attached hydrogens (tertiary/aromatic N) is 3. The van der Waals surface area contributed by atoms with Crippen LogP contribution in [0.4, 0.5) is 11.4 Å². The van der Waals surface area contributed by atoms with Crippen LogP contribution in [0, 0.1) is 6.92 Å². The molecule has 6 nitrogen and oxygen atoms in total. The van der Waals surface area contributed by atoms with E-state index in [2.05, 4.69) is 24.1 Å². The minimum Gasteiger partial charge on any atom is -0.322 e. The van der Waals surface area contributed by atoms with Gasteiger partial charge in [-0.05, 0) is 86.0 Å². The zero-order chi connectivity index (χ0) is 25.5. The number of carbonyl (C=O) groups excluding carboxylic acids is 1. The van der Waals surface area contributed by atoms with Crippen LogP contribution >= 0.6 is 0 Å². The normalized spacial score (nSPS) is 15.2. The maximum Gasteiger partial charge on any atom is 0.255 e. The highest BCUT2D eigenvalue weighted by atomic mass is 32.2. The largest absolute Gasteiger partial charge is 0.322 e. The molecule has 7 heteroatoms. The van der Waals surface area contributed by atoms with Gasteiger partial charge in [0.2, 0.25) is 0 Å². The smallest absolute Gasteiger partial charge is 0.255 e. The van der Waals surface area contributed by atoms with E-state index in [4.69, 9.17) is 4.98 Å². The molecule has 0 radical (unpaired) electrons. The number of hydrogen-bond donors (Lipinski definition) is 1. The molecule has 186 valence electrons. The predicted octanol–water partition coefficient (Wildman–Crippen LogP) is 6.54. The molecule has 2 aromatic carbocycles. The fourth-order valence-electron chi connectivity index (χ4n) is 4.00. The van der Waals surface area contributed by atoms with Crippen molar-refractivity contribution in [1.82, 2.24) is 9.97 Å². The second-order valence-corrected chi connectivity index (χ2v) is 10.3. The van der Waals surface area contributed by atoms with Gasteiger partial charge in [0.05, 0.1) is 16.7 Å². The zero-order valence-corrected chi connectivity index (χ0v) is 21.8. The highest BCUT2D eigenvalue weighted by molar-refractivity contribution is 7.86. The average Bonchev–Trinajstić information content (AvgIpc) is 2.90. The van der Waals surface area contributed by atoms with Gasteiger partial charge in [-0.25, -0.2) is 9.19 Å². The van der Waals surface area contributed by atoms with Gasteiger partial charge in [-0.15, -0.1) is 0 Å². The first-order valence-corrected chi connectivity index (χ1v) is 13.7. The summed E-state index contributed by atoms with van der Waals surface area (Å²) >= 11 is 0. The van der Waals surface area contributed by atoms with Gasteiger partial charge < -0.3 is 5.32 Å². The molecule has 1 atom stereocenters. The lowest BCUT2D eigenvalue weighted by Crippen LogP contribution is -2.32. The van der Waals surface area contributed by atoms with Gasteiger partial charge in [0.25, 0.3) is 5.91 Å². The molecule has 1 aliphatic rings. The Morgan fingerprint density at radius 2 is 1.78 bits per heavy atom. The van der Waals surface area contributed by atoms with Crippen molar-refractivity contribution in [2.75, 3.05) is 21.9 Å². The summed E-state index contributed by atoms with van der Waals surface area (Å²) in [6.45, 7) is 7.06. The van der Waals surface area contributed by atoms with E-state index in [1.807, 2.05) is 65.8 Å². The monoisotopic (exact) mass is 500 g/mol. The van der Waals surface area contributed by atoms with Crippen molar-refractivity contribution in [3.8, 4) is 11.3 Å². The van der Waals surface area contributed by atoms with Crippen LogP contribution in [0.1, 0.15) is 49.0 Å². The fourth-order valence-corrected chi connectivity index (χ4v) is 5.37. The maximum atomic E-state index is 12.9. The Hall–Kier alpha value is -3.58. The van der Waals surface area contributed by atoms with Crippen LogP contribution in [0.2, 0.25) is 0 Å². The molecular weight excluding hydrogens is 468 g/mol. The number of aromatic nitrogens is 2. The quantitative estimate of drug-likeness (QED) is 0.345. The van der Waals surface area contributed by atoms with E-state index < -0.39 is 11.0 Å². The summed E-state index contributed by atoms with van der Waals surface area (Å²) in [5.74, 6) is 0.507. The van der Waals surface area contributed by atoms with Crippen molar-refractivity contribution in [2.45, 2.75) is 40.0 Å². The second kappa shape index (κ2) is 11.9. The van der Waals surface area contributed by atoms with E-state index in [1.165, 1.54) is 6.42 Å². The molecule has 1 N–H and O–H groups in total. The Bertz CT molecular complexity index is 1370. The third-order valence-electron chi connectivity index (χ3n) is 5.82. The SMILES string of the molecule is CCC.Cc1ccc(NC(=O)c2ccc(N3CCCCS3=O)cc2)cc1-c1ccc2ncccc2n1. The highest BCUT2D eigenvalue weighted by Crippen LogP contribution is 2.27. The molecule has 1 fully saturated rings. The van der Waals surface area contributed by atoms with Crippen LogP contribution in [0.5, 0.6) is 0 Å². The first kappa shape index (κ1) is 25.5. The fraction of sp³-hybridized carbons (Fsp3) is 0.276. The van der Waals surface area contributed by atoms with E-state index in [-0.39, 0.29) is 5.91 Å². The molecule has 0 bridgehead atoms. The van der Waals surface area contributed by atoms with Crippen molar-refractivity contribution in [1.29, 1.82) is 0 Å². The van der Waals surface area contributed by atoms with E-state index in [0.717, 1.165) is 52.9 Å². The molecule has 0 saturated carbocycles. The molecule has 0 spiro atoms. The molecule has 5 rings (SSSR count). The minimum atomic E-state index is -0.987. The van der Waals surface area contributed by atoms with E-state index in [1.54, 1.807) is 18.3 Å². The lowest BCUT2D eigenvalue weighted by atomic mass is 10.0. The Morgan fingerprint density at radius 3 is 2.53 bits per heavy atom. The number of benzene rings is 2. The van der Waals surface area contributed by atoms with Crippen molar-refractivity contribution in [2.24, 2.45) is 0 Å². The summed E-state index contributed by atoms with van der Waals surface area (Å²) in [7, 11) is -0.987. The Kier molecular flexibility index (Phi) is 8.44. The maximum absolute atomic E-state index is 12.9. The van der Waals surface area contributed by atoms with Crippen molar-refractivity contribution in [3.63, 3.8) is 0 Å². The molecule has 3 heterocycles. The molecule has 1 unspecified atom stereocenters. The van der Waals surface area contributed by atoms with Crippen LogP contribution in [-0.4, -0.2) is 32.4 Å². The van der Waals surface area contributed by atoms with Gasteiger partial charge in [0.1, 0.15) is 11.0 Å². The van der Waals surface area contributed by atoms with Gasteiger partial charge in [-0.2, -0.15) is 0 Å². The molecule has 4 aromatic rings. The molecular formula is C29H32N4O2S. The number of anilines is 2. The van der Waals surface area contributed by atoms with Gasteiger partial charge in [0.15, 0.2) is 0 Å². The Balaban J connectivity index is 0.000000967. The van der Waals surface area contributed by atoms with E-state index in [0.29, 0.717) is 17.0 Å². The molecule has 36 heavy (non-hydrogen) atoms. The van der Waals surface area contributed by atoms with E-state index >= 15 is 0 Å². The molecule has 2 aromatic heterocycles. The number of rotatable bonds is 4. The number of hydrogen-bond acceptors (Lipinski definition) is 4. The third kappa shape index (κ3) is 5.97. The molecule has 1 saturated heterocycles. The highest BCUT2D eigenvalue weighted by Gasteiger charge is 2.18. The minimum absolute atomic E-state index is 0.188. The first-order chi connectivity index (χ1) is 17.5. The number of fused-ring (bicyclic) bond motifs is 1. The lowest BCUT2D eigenvalue weighted by molar-refractivity contribution is 0.102. The number of amides is 1. The summed E-state index contributed by atoms with van der Waals surface area (Å²) < 4.78 is 14.2. The molecule has 1 amide bonds. The third-order valence-corrected chi connectivity index (χ3v) is 7.34. The van der Waals surface area contributed by atoms with Gasteiger partial charge in [0, 0.05) is 41.0 Å². The summed E-state index contributed by atoms with van der Waals surface area (Å²) in [6.07, 6.45) is 5.03. The number of aryl methyl sites for hydroxylation is 1. The van der Waals surface area contributed by atoms with Gasteiger partial charge >= 0.3 is 0 Å². The van der Waals surface area contributed by atoms with Gasteiger partial charge in [-0.3, -0.25) is 14.1 Å². The molecule has 1 aliphatic heterocycles. The average molecular weight is 501 g/mol. The van der Waals surface area contributed by atoms with Crippen molar-refractivity contribution < 1.29 is 9.00 Å². The van der Waals surface area contributed by atoms with Gasteiger partial charge in [-0.1, -0.05) is 26.3 Å². The summed E-state index contributed by atoms with van der Waals surface area (Å²) in [5.41, 5.74) is 6.69. The van der Waals surface area contributed by atoms with Crippen LogP contribution in [-0.2, 0) is 11.0 Å². The topological polar surface area (TPSA) is 75.2 Å². The van der Waals surface area contributed by atoms with Crippen molar-refractivity contribution in [3.05, 3.63) is 84.1 Å². The standard InChI is InChI=1S/C26H24N4O2S.C3H8/c1-18-6-9-20(17-22(18)23-12-13-24-25(29-23)5-4-14-27-24)28-26(31)19-7-10-21(11-8-19)30-15-2-3-16-33(30)32;1-3-2/h4-14,17H,2-3,15-16H2,1H3,(H,28,31);3H2,1-2H3. The number of carbonyl (C=O) groups is 1. The predicted molar refractivity (Wildman–Crippen MR) is 150 cm³/mol. The number of nitrogens with one attached hydrogen (secondary N) is 1. The molecule has 0 aliphatic carbocycles. The first-order valence-electron chi connectivity index (χ1n) is 12.4. The Morgan fingerprint density at radius 1 is 1.00 bits per heavy atom. The Labute approximate surface area is 215 Å². The summed E-state index contributed by atoms with van der Waals surface area (Å²) in [4.78, 5) is 21.9. The van der Waals surface area contributed by atoms with Crippen LogP contribution in [0.25, 0.3) is 22.3 Å². The number of pyridine rings is 2. The zero-order valence-electron chi connectivity index (χ0n) is 21.0. The second-order valence-electron chi connectivity index (χ2n) is 8.81.